The molecule has 27 heavy (non-hydrogen) atoms. The number of hydrogen-bond donors (Lipinski definition) is 1. The van der Waals surface area contributed by atoms with E-state index in [1.807, 2.05) is 35.4 Å². The lowest BCUT2D eigenvalue weighted by atomic mass is 9.87. The first-order valence-electron chi connectivity index (χ1n) is 9.95. The molecule has 0 spiro atoms. The number of carbonyl (C=O) groups is 1. The minimum atomic E-state index is 0.153. The van der Waals surface area contributed by atoms with Crippen LogP contribution in [-0.4, -0.2) is 52.9 Å². The monoisotopic (exact) mass is 359 g/mol. The minimum Gasteiger partial charge on any atom is -0.361 e. The number of nitrogens with one attached hydrogen (secondary N) is 1. The molecule has 0 radical (unpaired) electrons. The van der Waals surface area contributed by atoms with Crippen molar-refractivity contribution in [1.29, 1.82) is 0 Å². The highest BCUT2D eigenvalue weighted by Crippen LogP contribution is 2.25. The molecule has 1 aromatic heterocycles. The van der Waals surface area contributed by atoms with Gasteiger partial charge in [0.05, 0.1) is 0 Å². The highest BCUT2D eigenvalue weighted by Gasteiger charge is 2.29. The van der Waals surface area contributed by atoms with Crippen LogP contribution in [0.25, 0.3) is 10.9 Å². The number of piperazine rings is 1. The molecule has 1 saturated heterocycles. The van der Waals surface area contributed by atoms with E-state index in [2.05, 4.69) is 34.1 Å². The number of aromatic amines is 1. The van der Waals surface area contributed by atoms with Crippen molar-refractivity contribution in [3.63, 3.8) is 0 Å². The van der Waals surface area contributed by atoms with Gasteiger partial charge in [-0.2, -0.15) is 0 Å². The van der Waals surface area contributed by atoms with Crippen molar-refractivity contribution in [3.05, 3.63) is 71.4 Å². The molecule has 3 aromatic rings. The van der Waals surface area contributed by atoms with Crippen molar-refractivity contribution in [3.8, 4) is 0 Å². The molecule has 1 aliphatic heterocycles. The summed E-state index contributed by atoms with van der Waals surface area (Å²) in [5.41, 5.74) is 4.83. The maximum atomic E-state index is 12.9. The van der Waals surface area contributed by atoms with Gasteiger partial charge in [0.15, 0.2) is 0 Å². The molecule has 2 heterocycles. The van der Waals surface area contributed by atoms with Crippen molar-refractivity contribution in [2.75, 3.05) is 26.2 Å². The molecule has 1 aliphatic carbocycles. The molecule has 1 N–H and O–H groups in total. The number of carbonyl (C=O) groups excluding carboxylic acids is 1. The Kier molecular flexibility index (Phi) is 4.21. The molecule has 4 heteroatoms. The Bertz CT molecular complexity index is 968. The number of amides is 1. The predicted octanol–water partition coefficient (Wildman–Crippen LogP) is 3.48. The number of aromatic nitrogens is 1. The first-order valence-corrected chi connectivity index (χ1v) is 9.95. The topological polar surface area (TPSA) is 39.3 Å². The van der Waals surface area contributed by atoms with Crippen molar-refractivity contribution in [2.45, 2.75) is 25.3 Å². The molecule has 2 aliphatic rings. The predicted molar refractivity (Wildman–Crippen MR) is 108 cm³/mol. The van der Waals surface area contributed by atoms with Crippen LogP contribution in [0.15, 0.2) is 54.7 Å². The van der Waals surface area contributed by atoms with Crippen LogP contribution in [0.4, 0.5) is 0 Å². The number of aryl methyl sites for hydroxylation is 1. The number of nitrogens with zero attached hydrogens (tertiary/aromatic N) is 2. The fourth-order valence-electron chi connectivity index (χ4n) is 4.64. The SMILES string of the molecule is O=C(c1ccc2cc[nH]c2c1)N1CCN([C@H]2CCc3ccccc3C2)CC1. The van der Waals surface area contributed by atoms with Crippen molar-refractivity contribution >= 4 is 16.8 Å². The van der Waals surface area contributed by atoms with Crippen molar-refractivity contribution < 1.29 is 4.79 Å². The summed E-state index contributed by atoms with van der Waals surface area (Å²) in [6, 6.07) is 17.4. The maximum absolute atomic E-state index is 12.9. The molecule has 138 valence electrons. The zero-order valence-corrected chi connectivity index (χ0v) is 15.5. The summed E-state index contributed by atoms with van der Waals surface area (Å²) in [7, 11) is 0. The van der Waals surface area contributed by atoms with Gasteiger partial charge in [-0.15, -0.1) is 0 Å². The zero-order chi connectivity index (χ0) is 18.2. The first-order chi connectivity index (χ1) is 13.3. The average Bonchev–Trinajstić information content (AvgIpc) is 3.21. The van der Waals surface area contributed by atoms with Gasteiger partial charge in [-0.1, -0.05) is 30.3 Å². The van der Waals surface area contributed by atoms with Gasteiger partial charge in [0.2, 0.25) is 0 Å². The van der Waals surface area contributed by atoms with E-state index in [-0.39, 0.29) is 5.91 Å². The van der Waals surface area contributed by atoms with Crippen molar-refractivity contribution in [1.82, 2.24) is 14.8 Å². The van der Waals surface area contributed by atoms with E-state index >= 15 is 0 Å². The van der Waals surface area contributed by atoms with Gasteiger partial charge in [0, 0.05) is 49.5 Å². The molecule has 1 fully saturated rings. The lowest BCUT2D eigenvalue weighted by Gasteiger charge is -2.41. The molecule has 0 saturated carbocycles. The number of hydrogen-bond acceptors (Lipinski definition) is 2. The summed E-state index contributed by atoms with van der Waals surface area (Å²) in [5, 5.41) is 1.15. The molecule has 1 atom stereocenters. The van der Waals surface area contributed by atoms with Crippen molar-refractivity contribution in [2.24, 2.45) is 0 Å². The molecule has 5 rings (SSSR count). The van der Waals surface area contributed by atoms with Gasteiger partial charge >= 0.3 is 0 Å². The molecule has 4 nitrogen and oxygen atoms in total. The largest absolute Gasteiger partial charge is 0.361 e. The number of rotatable bonds is 2. The first kappa shape index (κ1) is 16.6. The number of benzene rings is 2. The zero-order valence-electron chi connectivity index (χ0n) is 15.5. The van der Waals surface area contributed by atoms with Gasteiger partial charge in [-0.25, -0.2) is 0 Å². The number of H-pyrrole nitrogens is 1. The smallest absolute Gasteiger partial charge is 0.254 e. The molecule has 2 aromatic carbocycles. The molecule has 0 unspecified atom stereocenters. The number of fused-ring (bicyclic) bond motifs is 2. The van der Waals surface area contributed by atoms with E-state index in [4.69, 9.17) is 0 Å². The van der Waals surface area contributed by atoms with E-state index in [1.54, 1.807) is 0 Å². The summed E-state index contributed by atoms with van der Waals surface area (Å²) >= 11 is 0. The summed E-state index contributed by atoms with van der Waals surface area (Å²) < 4.78 is 0. The van der Waals surface area contributed by atoms with Gasteiger partial charge in [-0.3, -0.25) is 9.69 Å². The third kappa shape index (κ3) is 3.15. The summed E-state index contributed by atoms with van der Waals surface area (Å²) in [6.07, 6.45) is 5.47. The van der Waals surface area contributed by atoms with Gasteiger partial charge in [-0.05, 0) is 54.0 Å². The fraction of sp³-hybridized carbons (Fsp3) is 0.348. The van der Waals surface area contributed by atoms with Crippen LogP contribution < -0.4 is 0 Å². The lowest BCUT2D eigenvalue weighted by molar-refractivity contribution is 0.0553. The van der Waals surface area contributed by atoms with Gasteiger partial charge in [0.25, 0.3) is 5.91 Å². The second kappa shape index (κ2) is 6.86. The van der Waals surface area contributed by atoms with Crippen LogP contribution in [0.2, 0.25) is 0 Å². The molecular weight excluding hydrogens is 334 g/mol. The second-order valence-electron chi connectivity index (χ2n) is 7.77. The molecule has 1 amide bonds. The van der Waals surface area contributed by atoms with Crippen LogP contribution in [0, 0.1) is 0 Å². The average molecular weight is 359 g/mol. The normalized spacial score (nSPS) is 20.6. The van der Waals surface area contributed by atoms with Crippen LogP contribution in [0.1, 0.15) is 27.9 Å². The van der Waals surface area contributed by atoms with Crippen LogP contribution in [0.3, 0.4) is 0 Å². The Hall–Kier alpha value is -2.59. The summed E-state index contributed by atoms with van der Waals surface area (Å²) in [6.45, 7) is 3.59. The van der Waals surface area contributed by atoms with E-state index < -0.39 is 0 Å². The third-order valence-electron chi connectivity index (χ3n) is 6.24. The van der Waals surface area contributed by atoms with Gasteiger partial charge in [0.1, 0.15) is 0 Å². The van der Waals surface area contributed by atoms with Crippen LogP contribution >= 0.6 is 0 Å². The highest BCUT2D eigenvalue weighted by molar-refractivity contribution is 5.98. The fourth-order valence-corrected chi connectivity index (χ4v) is 4.64. The Morgan fingerprint density at radius 2 is 1.78 bits per heavy atom. The van der Waals surface area contributed by atoms with Gasteiger partial charge < -0.3 is 9.88 Å². The quantitative estimate of drug-likeness (QED) is 0.761. The van der Waals surface area contributed by atoms with E-state index in [1.165, 1.54) is 24.0 Å². The Labute approximate surface area is 159 Å². The second-order valence-corrected chi connectivity index (χ2v) is 7.77. The molecule has 0 bridgehead atoms. The van der Waals surface area contributed by atoms with E-state index in [9.17, 15) is 4.79 Å². The standard InChI is InChI=1S/C23H25N3O/c27-23(20-6-5-18-9-10-24-22(18)16-20)26-13-11-25(12-14-26)21-8-7-17-3-1-2-4-19(17)15-21/h1-6,9-10,16,21,24H,7-8,11-15H2/t21-/m0/s1. The third-order valence-corrected chi connectivity index (χ3v) is 6.24. The Morgan fingerprint density at radius 3 is 2.63 bits per heavy atom. The summed E-state index contributed by atoms with van der Waals surface area (Å²) in [4.78, 5) is 20.7. The van der Waals surface area contributed by atoms with Crippen LogP contribution in [0.5, 0.6) is 0 Å². The summed E-state index contributed by atoms with van der Waals surface area (Å²) in [5.74, 6) is 0.153. The minimum absolute atomic E-state index is 0.153. The maximum Gasteiger partial charge on any atom is 0.254 e. The lowest BCUT2D eigenvalue weighted by Crippen LogP contribution is -2.53. The molecular formula is C23H25N3O. The Morgan fingerprint density at radius 1 is 0.963 bits per heavy atom. The van der Waals surface area contributed by atoms with E-state index in [0.717, 1.165) is 49.1 Å². The van der Waals surface area contributed by atoms with Crippen LogP contribution in [-0.2, 0) is 12.8 Å². The highest BCUT2D eigenvalue weighted by atomic mass is 16.2. The Balaban J connectivity index is 1.23. The van der Waals surface area contributed by atoms with E-state index in [0.29, 0.717) is 6.04 Å².